The van der Waals surface area contributed by atoms with E-state index in [1.54, 1.807) is 14.2 Å². The summed E-state index contributed by atoms with van der Waals surface area (Å²) in [4.78, 5) is 16.7. The third-order valence-corrected chi connectivity index (χ3v) is 2.75. The normalized spacial score (nSPS) is 10.6. The largest absolute Gasteiger partial charge is 0.383 e. The van der Waals surface area contributed by atoms with Crippen molar-refractivity contribution in [2.45, 2.75) is 0 Å². The number of anilines is 2. The summed E-state index contributed by atoms with van der Waals surface area (Å²) >= 11 is 0. The SMILES string of the molecule is CNc1cc([N+](=O)[O-])cc(NCCN(C)CCOC)n1. The molecule has 0 atom stereocenters. The van der Waals surface area contributed by atoms with Crippen LogP contribution in [0.25, 0.3) is 0 Å². The van der Waals surface area contributed by atoms with Crippen LogP contribution >= 0.6 is 0 Å². The molecular formula is C12H21N5O3. The number of likely N-dealkylation sites (N-methyl/N-ethyl adjacent to an activating group) is 1. The van der Waals surface area contributed by atoms with E-state index in [-0.39, 0.29) is 5.69 Å². The molecule has 0 bridgehead atoms. The fourth-order valence-corrected chi connectivity index (χ4v) is 1.57. The van der Waals surface area contributed by atoms with Gasteiger partial charge in [-0.3, -0.25) is 10.1 Å². The second-order valence-electron chi connectivity index (χ2n) is 4.33. The summed E-state index contributed by atoms with van der Waals surface area (Å²) in [5.74, 6) is 0.957. The first kappa shape index (κ1) is 16.1. The average molecular weight is 283 g/mol. The van der Waals surface area contributed by atoms with Crippen molar-refractivity contribution in [3.8, 4) is 0 Å². The number of nitrogens with zero attached hydrogens (tertiary/aromatic N) is 3. The van der Waals surface area contributed by atoms with Gasteiger partial charge < -0.3 is 20.3 Å². The fourth-order valence-electron chi connectivity index (χ4n) is 1.57. The maximum absolute atomic E-state index is 10.8. The number of rotatable bonds is 9. The molecule has 0 saturated heterocycles. The zero-order valence-electron chi connectivity index (χ0n) is 12.0. The summed E-state index contributed by atoms with van der Waals surface area (Å²) in [6, 6.07) is 2.83. The number of hydrogen-bond donors (Lipinski definition) is 2. The van der Waals surface area contributed by atoms with E-state index in [0.29, 0.717) is 24.8 Å². The number of nitrogens with one attached hydrogen (secondary N) is 2. The highest BCUT2D eigenvalue weighted by Gasteiger charge is 2.10. The monoisotopic (exact) mass is 283 g/mol. The molecule has 8 heteroatoms. The lowest BCUT2D eigenvalue weighted by molar-refractivity contribution is -0.384. The Balaban J connectivity index is 2.54. The van der Waals surface area contributed by atoms with Crippen molar-refractivity contribution in [1.82, 2.24) is 9.88 Å². The quantitative estimate of drug-likeness (QED) is 0.516. The molecule has 8 nitrogen and oxygen atoms in total. The molecule has 1 heterocycles. The second-order valence-corrected chi connectivity index (χ2v) is 4.33. The molecule has 0 spiro atoms. The topological polar surface area (TPSA) is 92.6 Å². The van der Waals surface area contributed by atoms with Gasteiger partial charge in [-0.15, -0.1) is 0 Å². The van der Waals surface area contributed by atoms with Crippen LogP contribution in [0, 0.1) is 10.1 Å². The highest BCUT2D eigenvalue weighted by Crippen LogP contribution is 2.19. The van der Waals surface area contributed by atoms with E-state index in [4.69, 9.17) is 4.74 Å². The van der Waals surface area contributed by atoms with Gasteiger partial charge in [-0.05, 0) is 7.05 Å². The maximum atomic E-state index is 10.8. The molecule has 0 radical (unpaired) electrons. The van der Waals surface area contributed by atoms with E-state index >= 15 is 0 Å². The smallest absolute Gasteiger partial charge is 0.276 e. The van der Waals surface area contributed by atoms with Gasteiger partial charge in [-0.25, -0.2) is 4.98 Å². The molecule has 1 aromatic heterocycles. The maximum Gasteiger partial charge on any atom is 0.276 e. The molecule has 20 heavy (non-hydrogen) atoms. The van der Waals surface area contributed by atoms with Gasteiger partial charge in [0.2, 0.25) is 0 Å². The van der Waals surface area contributed by atoms with Gasteiger partial charge in [0, 0.05) is 33.8 Å². The van der Waals surface area contributed by atoms with E-state index in [9.17, 15) is 10.1 Å². The molecule has 1 aromatic rings. The summed E-state index contributed by atoms with van der Waals surface area (Å²) in [6.07, 6.45) is 0. The Hall–Kier alpha value is -1.93. The lowest BCUT2D eigenvalue weighted by Gasteiger charge is -2.16. The summed E-state index contributed by atoms with van der Waals surface area (Å²) in [6.45, 7) is 2.96. The summed E-state index contributed by atoms with van der Waals surface area (Å²) in [5.41, 5.74) is 0.0135. The second kappa shape index (κ2) is 8.28. The van der Waals surface area contributed by atoms with E-state index in [0.717, 1.165) is 13.1 Å². The predicted molar refractivity (Wildman–Crippen MR) is 78.3 cm³/mol. The molecule has 1 rings (SSSR count). The lowest BCUT2D eigenvalue weighted by atomic mass is 10.3. The third-order valence-electron chi connectivity index (χ3n) is 2.75. The van der Waals surface area contributed by atoms with Crippen molar-refractivity contribution >= 4 is 17.3 Å². The third kappa shape index (κ3) is 5.37. The number of hydrogen-bond acceptors (Lipinski definition) is 7. The van der Waals surface area contributed by atoms with Gasteiger partial charge >= 0.3 is 0 Å². The molecule has 0 saturated carbocycles. The molecule has 112 valence electrons. The average Bonchev–Trinajstić information content (AvgIpc) is 2.44. The van der Waals surface area contributed by atoms with Crippen LogP contribution in [0.1, 0.15) is 0 Å². The van der Waals surface area contributed by atoms with Crippen LogP contribution in [0.3, 0.4) is 0 Å². The number of nitro groups is 1. The van der Waals surface area contributed by atoms with Crippen LogP contribution in [-0.4, -0.2) is 62.3 Å². The van der Waals surface area contributed by atoms with Gasteiger partial charge in [0.25, 0.3) is 5.69 Å². The predicted octanol–water partition coefficient (Wildman–Crippen LogP) is 1.02. The Morgan fingerprint density at radius 3 is 2.70 bits per heavy atom. The fraction of sp³-hybridized carbons (Fsp3) is 0.583. The minimum Gasteiger partial charge on any atom is -0.383 e. The first-order valence-corrected chi connectivity index (χ1v) is 6.32. The van der Waals surface area contributed by atoms with Gasteiger partial charge in [-0.2, -0.15) is 0 Å². The molecule has 0 amide bonds. The number of ether oxygens (including phenoxy) is 1. The van der Waals surface area contributed by atoms with Crippen LogP contribution in [-0.2, 0) is 4.74 Å². The first-order chi connectivity index (χ1) is 9.56. The van der Waals surface area contributed by atoms with Crippen molar-refractivity contribution in [1.29, 1.82) is 0 Å². The minimum absolute atomic E-state index is 0.0135. The Kier molecular flexibility index (Phi) is 6.68. The Labute approximate surface area is 118 Å². The van der Waals surface area contributed by atoms with Crippen molar-refractivity contribution in [2.75, 3.05) is 58.1 Å². The van der Waals surface area contributed by atoms with E-state index in [2.05, 4.69) is 20.5 Å². The molecule has 0 aliphatic heterocycles. The van der Waals surface area contributed by atoms with Gasteiger partial charge in [0.05, 0.1) is 23.7 Å². The molecular weight excluding hydrogens is 262 g/mol. The van der Waals surface area contributed by atoms with Crippen molar-refractivity contribution in [3.63, 3.8) is 0 Å². The van der Waals surface area contributed by atoms with E-state index in [1.807, 2.05) is 7.05 Å². The van der Waals surface area contributed by atoms with Crippen molar-refractivity contribution in [2.24, 2.45) is 0 Å². The Morgan fingerprint density at radius 2 is 2.10 bits per heavy atom. The van der Waals surface area contributed by atoms with Gasteiger partial charge in [0.1, 0.15) is 11.6 Å². The number of aromatic nitrogens is 1. The lowest BCUT2D eigenvalue weighted by Crippen LogP contribution is -2.28. The highest BCUT2D eigenvalue weighted by atomic mass is 16.6. The van der Waals surface area contributed by atoms with Gasteiger partial charge in [0.15, 0.2) is 0 Å². The molecule has 0 fully saturated rings. The van der Waals surface area contributed by atoms with Gasteiger partial charge in [-0.1, -0.05) is 0 Å². The summed E-state index contributed by atoms with van der Waals surface area (Å²) in [5, 5.41) is 16.7. The molecule has 0 aliphatic carbocycles. The Bertz CT molecular complexity index is 441. The standard InChI is InChI=1S/C12H21N5O3/c1-13-11-8-10(17(18)19)9-12(15-11)14-4-5-16(2)6-7-20-3/h8-9H,4-7H2,1-3H3,(H2,13,14,15). The van der Waals surface area contributed by atoms with Crippen LogP contribution in [0.15, 0.2) is 12.1 Å². The summed E-state index contributed by atoms with van der Waals surface area (Å²) < 4.78 is 4.99. The first-order valence-electron chi connectivity index (χ1n) is 6.32. The molecule has 0 unspecified atom stereocenters. The van der Waals surface area contributed by atoms with Crippen molar-refractivity contribution in [3.05, 3.63) is 22.2 Å². The highest BCUT2D eigenvalue weighted by molar-refractivity contribution is 5.54. The van der Waals surface area contributed by atoms with E-state index < -0.39 is 4.92 Å². The zero-order valence-corrected chi connectivity index (χ0v) is 12.0. The number of methoxy groups -OCH3 is 1. The molecule has 2 N–H and O–H groups in total. The zero-order chi connectivity index (χ0) is 15.0. The number of pyridine rings is 1. The Morgan fingerprint density at radius 1 is 1.40 bits per heavy atom. The van der Waals surface area contributed by atoms with Crippen LogP contribution in [0.2, 0.25) is 0 Å². The molecule has 0 aromatic carbocycles. The van der Waals surface area contributed by atoms with E-state index in [1.165, 1.54) is 12.1 Å². The molecule has 0 aliphatic rings. The van der Waals surface area contributed by atoms with Crippen LogP contribution in [0.5, 0.6) is 0 Å². The summed E-state index contributed by atoms with van der Waals surface area (Å²) in [7, 11) is 5.33. The van der Waals surface area contributed by atoms with Crippen LogP contribution in [0.4, 0.5) is 17.3 Å². The minimum atomic E-state index is -0.432. The van der Waals surface area contributed by atoms with Crippen LogP contribution < -0.4 is 10.6 Å². The van der Waals surface area contributed by atoms with Crippen molar-refractivity contribution < 1.29 is 9.66 Å².